The van der Waals surface area contributed by atoms with Crippen LogP contribution in [-0.4, -0.2) is 16.1 Å². The molecule has 0 aliphatic heterocycles. The summed E-state index contributed by atoms with van der Waals surface area (Å²) in [5, 5.41) is 8.40. The molecule has 1 rings (SSSR count). The summed E-state index contributed by atoms with van der Waals surface area (Å²) in [5.41, 5.74) is 0.630. The van der Waals surface area contributed by atoms with Crippen molar-refractivity contribution in [2.24, 2.45) is 0 Å². The van der Waals surface area contributed by atoms with Gasteiger partial charge >= 0.3 is 5.97 Å². The predicted molar refractivity (Wildman–Crippen MR) is 43.0 cm³/mol. The summed E-state index contributed by atoms with van der Waals surface area (Å²) >= 11 is 4.84. The first-order valence-corrected chi connectivity index (χ1v) is 3.49. The van der Waals surface area contributed by atoms with Gasteiger partial charge in [-0.05, 0) is 12.1 Å². The molecule has 0 radical (unpaired) electrons. The van der Waals surface area contributed by atoms with Crippen LogP contribution >= 0.6 is 12.2 Å². The molecule has 1 heterocycles. The van der Waals surface area contributed by atoms with Gasteiger partial charge in [-0.2, -0.15) is 0 Å². The first-order chi connectivity index (χ1) is 5.18. The van der Waals surface area contributed by atoms with Crippen LogP contribution < -0.4 is 0 Å². The summed E-state index contributed by atoms with van der Waals surface area (Å²) in [7, 11) is 0. The molecule has 0 aliphatic rings. The number of hydrogen-bond acceptors (Lipinski definition) is 2. The van der Waals surface area contributed by atoms with Crippen molar-refractivity contribution in [1.29, 1.82) is 0 Å². The average molecular weight is 169 g/mol. The molecular formula is C7H7NO2S. The molecule has 3 nitrogen and oxygen atoms in total. The standard InChI is InChI=1S/C7H7NO2S/c9-7(10)4-5-3-6(11)1-2-8-5/h1-3H,4H2,(H,8,11)(H,9,10). The van der Waals surface area contributed by atoms with Gasteiger partial charge in [0, 0.05) is 16.4 Å². The number of H-pyrrole nitrogens is 1. The molecule has 1 aromatic heterocycles. The van der Waals surface area contributed by atoms with E-state index in [0.29, 0.717) is 10.2 Å². The van der Waals surface area contributed by atoms with E-state index >= 15 is 0 Å². The Hall–Kier alpha value is -1.16. The maximum atomic E-state index is 10.2. The molecule has 0 aliphatic carbocycles. The number of carbonyl (C=O) groups is 1. The molecule has 1 aromatic rings. The van der Waals surface area contributed by atoms with Crippen molar-refractivity contribution in [2.45, 2.75) is 6.42 Å². The number of aromatic nitrogens is 1. The van der Waals surface area contributed by atoms with Crippen molar-refractivity contribution >= 4 is 18.2 Å². The Balaban J connectivity index is 2.88. The van der Waals surface area contributed by atoms with E-state index in [1.807, 2.05) is 0 Å². The predicted octanol–water partition coefficient (Wildman–Crippen LogP) is 1.37. The number of carboxylic acids is 1. The normalized spacial score (nSPS) is 9.45. The Labute approximate surface area is 68.7 Å². The van der Waals surface area contributed by atoms with Gasteiger partial charge in [0.2, 0.25) is 0 Å². The molecule has 0 amide bonds. The van der Waals surface area contributed by atoms with E-state index in [9.17, 15) is 4.79 Å². The fourth-order valence-corrected chi connectivity index (χ4v) is 0.968. The Morgan fingerprint density at radius 3 is 3.00 bits per heavy atom. The minimum Gasteiger partial charge on any atom is -0.481 e. The van der Waals surface area contributed by atoms with Gasteiger partial charge in [0.25, 0.3) is 0 Å². The lowest BCUT2D eigenvalue weighted by atomic mass is 10.3. The molecule has 0 aromatic carbocycles. The Kier molecular flexibility index (Phi) is 2.38. The smallest absolute Gasteiger partial charge is 0.309 e. The summed E-state index contributed by atoms with van der Waals surface area (Å²) in [6.07, 6.45) is 1.63. The number of pyridine rings is 1. The molecule has 0 spiro atoms. The highest BCUT2D eigenvalue weighted by Crippen LogP contribution is 1.96. The van der Waals surface area contributed by atoms with E-state index in [-0.39, 0.29) is 6.42 Å². The van der Waals surface area contributed by atoms with Crippen molar-refractivity contribution in [1.82, 2.24) is 4.98 Å². The SMILES string of the molecule is O=C(O)Cc1cc(=S)cc[nH]1. The fourth-order valence-electron chi connectivity index (χ4n) is 0.757. The van der Waals surface area contributed by atoms with Crippen molar-refractivity contribution in [3.63, 3.8) is 0 Å². The number of carboxylic acid groups (broad SMARTS) is 1. The summed E-state index contributed by atoms with van der Waals surface area (Å²) < 4.78 is 0.653. The molecule has 0 fully saturated rings. The molecular weight excluding hydrogens is 162 g/mol. The third-order valence-electron chi connectivity index (χ3n) is 1.17. The van der Waals surface area contributed by atoms with E-state index in [0.717, 1.165) is 0 Å². The van der Waals surface area contributed by atoms with Crippen LogP contribution in [0.2, 0.25) is 0 Å². The van der Waals surface area contributed by atoms with Crippen LogP contribution in [-0.2, 0) is 11.2 Å². The van der Waals surface area contributed by atoms with Gasteiger partial charge in [-0.25, -0.2) is 0 Å². The molecule has 0 atom stereocenters. The summed E-state index contributed by atoms with van der Waals surface area (Å²) in [5.74, 6) is -0.859. The second kappa shape index (κ2) is 3.30. The monoisotopic (exact) mass is 169 g/mol. The van der Waals surface area contributed by atoms with Crippen LogP contribution in [0.1, 0.15) is 5.69 Å². The van der Waals surface area contributed by atoms with Crippen molar-refractivity contribution in [2.75, 3.05) is 0 Å². The molecule has 0 bridgehead atoms. The van der Waals surface area contributed by atoms with Crippen molar-refractivity contribution in [3.05, 3.63) is 28.5 Å². The van der Waals surface area contributed by atoms with E-state index in [4.69, 9.17) is 17.3 Å². The van der Waals surface area contributed by atoms with Gasteiger partial charge in [-0.15, -0.1) is 0 Å². The van der Waals surface area contributed by atoms with Crippen LogP contribution in [0, 0.1) is 4.51 Å². The summed E-state index contributed by atoms with van der Waals surface area (Å²) in [6, 6.07) is 3.35. The van der Waals surface area contributed by atoms with Gasteiger partial charge in [-0.3, -0.25) is 4.79 Å². The van der Waals surface area contributed by atoms with Gasteiger partial charge < -0.3 is 10.1 Å². The number of hydrogen-bond donors (Lipinski definition) is 2. The van der Waals surface area contributed by atoms with Crippen molar-refractivity contribution in [3.8, 4) is 0 Å². The third kappa shape index (κ3) is 2.51. The van der Waals surface area contributed by atoms with Crippen LogP contribution in [0.5, 0.6) is 0 Å². The number of rotatable bonds is 2. The summed E-state index contributed by atoms with van der Waals surface area (Å²) in [4.78, 5) is 13.0. The van der Waals surface area contributed by atoms with Crippen molar-refractivity contribution < 1.29 is 9.90 Å². The minimum absolute atomic E-state index is 0.00944. The molecule has 0 saturated carbocycles. The largest absolute Gasteiger partial charge is 0.481 e. The van der Waals surface area contributed by atoms with Crippen LogP contribution in [0.25, 0.3) is 0 Å². The number of nitrogens with one attached hydrogen (secondary N) is 1. The third-order valence-corrected chi connectivity index (χ3v) is 1.43. The van der Waals surface area contributed by atoms with Gasteiger partial charge in [0.1, 0.15) is 0 Å². The Morgan fingerprint density at radius 1 is 1.73 bits per heavy atom. The van der Waals surface area contributed by atoms with E-state index < -0.39 is 5.97 Å². The highest BCUT2D eigenvalue weighted by atomic mass is 32.1. The lowest BCUT2D eigenvalue weighted by Gasteiger charge is -1.94. The Morgan fingerprint density at radius 2 is 2.45 bits per heavy atom. The molecule has 0 unspecified atom stereocenters. The molecule has 2 N–H and O–H groups in total. The topological polar surface area (TPSA) is 53.1 Å². The highest BCUT2D eigenvalue weighted by molar-refractivity contribution is 7.71. The molecule has 4 heteroatoms. The fraction of sp³-hybridized carbons (Fsp3) is 0.143. The van der Waals surface area contributed by atoms with Gasteiger partial charge in [0.05, 0.1) is 6.42 Å². The second-order valence-electron chi connectivity index (χ2n) is 2.12. The lowest BCUT2D eigenvalue weighted by molar-refractivity contribution is -0.136. The van der Waals surface area contributed by atoms with E-state index in [1.165, 1.54) is 0 Å². The number of aromatic amines is 1. The first kappa shape index (κ1) is 7.94. The second-order valence-corrected chi connectivity index (χ2v) is 2.59. The highest BCUT2D eigenvalue weighted by Gasteiger charge is 1.98. The van der Waals surface area contributed by atoms with E-state index in [2.05, 4.69) is 4.98 Å². The lowest BCUT2D eigenvalue weighted by Crippen LogP contribution is -2.01. The molecule has 11 heavy (non-hydrogen) atoms. The molecule has 0 saturated heterocycles. The quantitative estimate of drug-likeness (QED) is 0.657. The average Bonchev–Trinajstić information content (AvgIpc) is 1.85. The summed E-state index contributed by atoms with van der Waals surface area (Å²) in [6.45, 7) is 0. The van der Waals surface area contributed by atoms with Gasteiger partial charge in [-0.1, -0.05) is 12.2 Å². The van der Waals surface area contributed by atoms with Gasteiger partial charge in [0.15, 0.2) is 0 Å². The Bertz CT molecular complexity index is 318. The zero-order valence-corrected chi connectivity index (χ0v) is 6.52. The maximum Gasteiger partial charge on any atom is 0.309 e. The van der Waals surface area contributed by atoms with Crippen LogP contribution in [0.4, 0.5) is 0 Å². The van der Waals surface area contributed by atoms with Crippen LogP contribution in [0.15, 0.2) is 18.3 Å². The zero-order valence-electron chi connectivity index (χ0n) is 5.70. The first-order valence-electron chi connectivity index (χ1n) is 3.08. The van der Waals surface area contributed by atoms with Crippen LogP contribution in [0.3, 0.4) is 0 Å². The number of aliphatic carboxylic acids is 1. The van der Waals surface area contributed by atoms with E-state index in [1.54, 1.807) is 18.3 Å². The maximum absolute atomic E-state index is 10.2. The minimum atomic E-state index is -0.859. The zero-order chi connectivity index (χ0) is 8.27. The molecule has 58 valence electrons.